The Balaban J connectivity index is 1.28. The molecule has 7 heteroatoms. The van der Waals surface area contributed by atoms with Crippen LogP contribution in [-0.2, 0) is 11.3 Å². The smallest absolute Gasteiger partial charge is 0.234 e. The third-order valence-electron chi connectivity index (χ3n) is 4.66. The van der Waals surface area contributed by atoms with Crippen molar-refractivity contribution in [1.29, 1.82) is 0 Å². The lowest BCUT2D eigenvalue weighted by molar-refractivity contribution is -0.122. The molecule has 24 heavy (non-hydrogen) atoms. The molecular formula is C17H22N4O2S. The summed E-state index contributed by atoms with van der Waals surface area (Å²) in [6, 6.07) is 4.04. The number of amides is 1. The number of nitrogens with one attached hydrogen (secondary N) is 1. The lowest BCUT2D eigenvalue weighted by atomic mass is 9.97. The van der Waals surface area contributed by atoms with E-state index in [9.17, 15) is 4.79 Å². The molecule has 0 bridgehead atoms. The zero-order valence-corrected chi connectivity index (χ0v) is 14.4. The van der Waals surface area contributed by atoms with Gasteiger partial charge in [0.25, 0.3) is 0 Å². The molecule has 1 atom stereocenters. The van der Waals surface area contributed by atoms with E-state index in [1.807, 2.05) is 17.5 Å². The Bertz CT molecular complexity index is 681. The average molecular weight is 346 g/mol. The van der Waals surface area contributed by atoms with Crippen LogP contribution < -0.4 is 5.32 Å². The third kappa shape index (κ3) is 3.84. The Hall–Kier alpha value is -1.73. The second-order valence-electron chi connectivity index (χ2n) is 6.70. The van der Waals surface area contributed by atoms with Gasteiger partial charge in [0.1, 0.15) is 0 Å². The molecule has 1 amide bonds. The van der Waals surface area contributed by atoms with Gasteiger partial charge in [-0.05, 0) is 43.7 Å². The second kappa shape index (κ2) is 7.03. The van der Waals surface area contributed by atoms with E-state index in [0.29, 0.717) is 19.0 Å². The average Bonchev–Trinajstić information content (AvgIpc) is 3.12. The molecule has 1 saturated heterocycles. The van der Waals surface area contributed by atoms with Crippen LogP contribution in [0.5, 0.6) is 0 Å². The molecule has 2 aliphatic rings. The molecule has 0 radical (unpaired) electrons. The van der Waals surface area contributed by atoms with Gasteiger partial charge in [0, 0.05) is 23.3 Å². The highest BCUT2D eigenvalue weighted by atomic mass is 32.1. The molecule has 1 aliphatic heterocycles. The first-order chi connectivity index (χ1) is 11.8. The van der Waals surface area contributed by atoms with E-state index >= 15 is 0 Å². The van der Waals surface area contributed by atoms with Gasteiger partial charge in [0.2, 0.25) is 11.8 Å². The molecule has 6 nitrogen and oxygen atoms in total. The van der Waals surface area contributed by atoms with Gasteiger partial charge in [-0.15, -0.1) is 11.3 Å². The van der Waals surface area contributed by atoms with Crippen LogP contribution in [0.25, 0.3) is 0 Å². The molecule has 0 spiro atoms. The first-order valence-electron chi connectivity index (χ1n) is 8.63. The molecular weight excluding hydrogens is 324 g/mol. The number of likely N-dealkylation sites (tertiary alicyclic amines) is 1. The van der Waals surface area contributed by atoms with Crippen molar-refractivity contribution in [2.45, 2.75) is 44.1 Å². The van der Waals surface area contributed by atoms with Crippen LogP contribution in [0.15, 0.2) is 22.0 Å². The van der Waals surface area contributed by atoms with Crippen LogP contribution in [0.2, 0.25) is 0 Å². The van der Waals surface area contributed by atoms with Crippen molar-refractivity contribution < 1.29 is 9.32 Å². The van der Waals surface area contributed by atoms with E-state index in [-0.39, 0.29) is 11.8 Å². The van der Waals surface area contributed by atoms with Crippen LogP contribution in [-0.4, -0.2) is 40.6 Å². The largest absolute Gasteiger partial charge is 0.350 e. The quantitative estimate of drug-likeness (QED) is 0.870. The van der Waals surface area contributed by atoms with Crippen LogP contribution in [0.1, 0.15) is 54.1 Å². The van der Waals surface area contributed by atoms with Crippen LogP contribution in [0.3, 0.4) is 0 Å². The summed E-state index contributed by atoms with van der Waals surface area (Å²) in [6.45, 7) is 2.84. The van der Waals surface area contributed by atoms with Crippen molar-refractivity contribution >= 4 is 17.2 Å². The van der Waals surface area contributed by atoms with Crippen LogP contribution in [0, 0.1) is 0 Å². The molecule has 2 fully saturated rings. The third-order valence-corrected chi connectivity index (χ3v) is 5.54. The maximum atomic E-state index is 12.2. The molecule has 1 aliphatic carbocycles. The highest BCUT2D eigenvalue weighted by Crippen LogP contribution is 2.39. The zero-order valence-electron chi connectivity index (χ0n) is 13.6. The lowest BCUT2D eigenvalue weighted by Crippen LogP contribution is -2.42. The summed E-state index contributed by atoms with van der Waals surface area (Å²) in [6.07, 6.45) is 4.47. The summed E-state index contributed by atoms with van der Waals surface area (Å²) in [5, 5.41) is 9.19. The summed E-state index contributed by atoms with van der Waals surface area (Å²) >= 11 is 1.66. The van der Waals surface area contributed by atoms with Crippen molar-refractivity contribution in [1.82, 2.24) is 20.4 Å². The number of hydrogen-bond donors (Lipinski definition) is 1. The molecule has 1 N–H and O–H groups in total. The number of carbonyl (C=O) groups is 1. The fraction of sp³-hybridized carbons (Fsp3) is 0.588. The first kappa shape index (κ1) is 15.8. The summed E-state index contributed by atoms with van der Waals surface area (Å²) in [5.74, 6) is 2.47. The van der Waals surface area contributed by atoms with Crippen molar-refractivity contribution in [2.75, 3.05) is 19.6 Å². The summed E-state index contributed by atoms with van der Waals surface area (Å²) in [4.78, 5) is 20.1. The second-order valence-corrected chi connectivity index (χ2v) is 7.73. The predicted molar refractivity (Wildman–Crippen MR) is 90.9 cm³/mol. The van der Waals surface area contributed by atoms with E-state index < -0.39 is 0 Å². The number of carbonyl (C=O) groups excluding carboxylic acids is 1. The van der Waals surface area contributed by atoms with Crippen molar-refractivity contribution in [2.24, 2.45) is 0 Å². The number of thiophene rings is 1. The zero-order chi connectivity index (χ0) is 16.4. The molecule has 0 aromatic carbocycles. The molecule has 2 aromatic heterocycles. The summed E-state index contributed by atoms with van der Waals surface area (Å²) in [7, 11) is 0. The lowest BCUT2D eigenvalue weighted by Gasteiger charge is -2.30. The van der Waals surface area contributed by atoms with Gasteiger partial charge >= 0.3 is 0 Å². The standard InChI is InChI=1S/C17H22N4O2S/c22-15(18-9-14-4-2-8-24-14)11-21-7-1-3-13(10-21)16-19-17(23-20-16)12-5-6-12/h2,4,8,12-13H,1,3,5-7,9-11H2,(H,18,22)/t13-/m1/s1. The molecule has 0 unspecified atom stereocenters. The van der Waals surface area contributed by atoms with Gasteiger partial charge in [-0.2, -0.15) is 4.98 Å². The minimum absolute atomic E-state index is 0.0795. The molecule has 128 valence electrons. The van der Waals surface area contributed by atoms with Gasteiger partial charge in [0.05, 0.1) is 13.1 Å². The van der Waals surface area contributed by atoms with Gasteiger partial charge in [0.15, 0.2) is 5.82 Å². The number of nitrogens with zero attached hydrogens (tertiary/aromatic N) is 3. The highest BCUT2D eigenvalue weighted by Gasteiger charge is 2.32. The highest BCUT2D eigenvalue weighted by molar-refractivity contribution is 7.09. The number of hydrogen-bond acceptors (Lipinski definition) is 6. The minimum atomic E-state index is 0.0795. The van der Waals surface area contributed by atoms with Gasteiger partial charge in [-0.1, -0.05) is 11.2 Å². The van der Waals surface area contributed by atoms with Crippen molar-refractivity contribution in [3.63, 3.8) is 0 Å². The Morgan fingerprint density at radius 1 is 1.38 bits per heavy atom. The van der Waals surface area contributed by atoms with E-state index in [2.05, 4.69) is 20.4 Å². The maximum absolute atomic E-state index is 12.2. The monoisotopic (exact) mass is 346 g/mol. The number of rotatable bonds is 6. The number of piperidine rings is 1. The van der Waals surface area contributed by atoms with E-state index in [4.69, 9.17) is 4.52 Å². The van der Waals surface area contributed by atoms with Crippen molar-refractivity contribution in [3.8, 4) is 0 Å². The van der Waals surface area contributed by atoms with Crippen LogP contribution >= 0.6 is 11.3 Å². The normalized spacial score (nSPS) is 21.8. The first-order valence-corrected chi connectivity index (χ1v) is 9.51. The van der Waals surface area contributed by atoms with E-state index in [1.165, 1.54) is 17.7 Å². The molecule has 4 rings (SSSR count). The predicted octanol–water partition coefficient (Wildman–Crippen LogP) is 2.50. The minimum Gasteiger partial charge on any atom is -0.350 e. The topological polar surface area (TPSA) is 71.3 Å². The summed E-state index contributed by atoms with van der Waals surface area (Å²) in [5.41, 5.74) is 0. The van der Waals surface area contributed by atoms with Gasteiger partial charge in [-0.3, -0.25) is 9.69 Å². The number of aromatic nitrogens is 2. The Labute approximate surface area is 145 Å². The molecule has 2 aromatic rings. The van der Waals surface area contributed by atoms with Gasteiger partial charge < -0.3 is 9.84 Å². The Morgan fingerprint density at radius 2 is 2.29 bits per heavy atom. The maximum Gasteiger partial charge on any atom is 0.234 e. The van der Waals surface area contributed by atoms with E-state index in [0.717, 1.165) is 37.6 Å². The fourth-order valence-electron chi connectivity index (χ4n) is 3.18. The van der Waals surface area contributed by atoms with Crippen molar-refractivity contribution in [3.05, 3.63) is 34.1 Å². The Morgan fingerprint density at radius 3 is 3.08 bits per heavy atom. The van der Waals surface area contributed by atoms with Gasteiger partial charge in [-0.25, -0.2) is 0 Å². The molecule has 3 heterocycles. The summed E-state index contributed by atoms with van der Waals surface area (Å²) < 4.78 is 5.38. The Kier molecular flexibility index (Phi) is 4.62. The molecule has 1 saturated carbocycles. The van der Waals surface area contributed by atoms with E-state index in [1.54, 1.807) is 11.3 Å². The van der Waals surface area contributed by atoms with Crippen LogP contribution in [0.4, 0.5) is 0 Å². The SMILES string of the molecule is O=C(CN1CCC[C@@H](c2noc(C3CC3)n2)C1)NCc1cccs1. The fourth-order valence-corrected chi connectivity index (χ4v) is 3.82.